The zero-order chi connectivity index (χ0) is 44.3. The van der Waals surface area contributed by atoms with E-state index in [0.29, 0.717) is 28.0 Å². The van der Waals surface area contributed by atoms with Gasteiger partial charge in [0.15, 0.2) is 0 Å². The second-order valence-electron chi connectivity index (χ2n) is 15.4. The third kappa shape index (κ3) is 7.56. The average molecular weight is 843 g/mol. The fourth-order valence-electron chi connectivity index (χ4n) is 9.05. The number of morpholine rings is 1. The summed E-state index contributed by atoms with van der Waals surface area (Å²) < 4.78 is 17.2. The molecule has 6 amide bonds. The van der Waals surface area contributed by atoms with E-state index >= 15 is 4.79 Å². The lowest BCUT2D eigenvalue weighted by atomic mass is 9.65. The molecule has 4 aromatic rings. The number of carbonyl (C=O) groups is 6. The van der Waals surface area contributed by atoms with Crippen molar-refractivity contribution >= 4 is 41.5 Å². The predicted molar refractivity (Wildman–Crippen MR) is 224 cm³/mol. The molecule has 16 heteroatoms. The minimum atomic E-state index is -2.17. The van der Waals surface area contributed by atoms with Gasteiger partial charge in [0, 0.05) is 5.56 Å². The van der Waals surface area contributed by atoms with Gasteiger partial charge < -0.3 is 41.4 Å². The number of urea groups is 2. The number of imide groups is 1. The standard InChI is InChI=1S/C46H46N6O10/c1-26(2)35(41(55)60-3)50-45(59)51-33-20-19-27(12-11-21-49-44(48)58)24-32(33)46(43(51)57)34(40(47)54)37-42(56)62-38(29-15-8-5-9-16-29)36(28-13-6-4-7-14-28)52(37)39(46)30-17-10-18-31(25-30)61-23-22-53/h4-10,13-20,24-26,34-39,53H,21-23H2,1-3H3,(H2,47,54)(H,50,59)(H3,48,49,58)/t34-,35+,36-,37-,38+,39+,46-/m1/s1. The van der Waals surface area contributed by atoms with Crippen LogP contribution in [-0.2, 0) is 34.1 Å². The zero-order valence-electron chi connectivity index (χ0n) is 34.1. The highest BCUT2D eigenvalue weighted by atomic mass is 16.6. The number of hydrogen-bond donors (Lipinski definition) is 5. The summed E-state index contributed by atoms with van der Waals surface area (Å²) in [7, 11) is 1.18. The van der Waals surface area contributed by atoms with E-state index < -0.39 is 83.3 Å². The van der Waals surface area contributed by atoms with Gasteiger partial charge in [-0.15, -0.1) is 0 Å². The number of aliphatic hydroxyl groups excluding tert-OH is 1. The number of nitrogens with one attached hydrogen (secondary N) is 2. The Hall–Kier alpha value is -7.22. The Kier molecular flexibility index (Phi) is 12.3. The Balaban J connectivity index is 1.55. The Morgan fingerprint density at radius 2 is 1.56 bits per heavy atom. The molecule has 0 unspecified atom stereocenters. The lowest BCUT2D eigenvalue weighted by Crippen LogP contribution is -2.57. The van der Waals surface area contributed by atoms with Crippen LogP contribution in [0.4, 0.5) is 15.3 Å². The van der Waals surface area contributed by atoms with Crippen LogP contribution >= 0.6 is 0 Å². The summed E-state index contributed by atoms with van der Waals surface area (Å²) in [4.78, 5) is 87.1. The molecule has 3 aliphatic rings. The van der Waals surface area contributed by atoms with Crippen molar-refractivity contribution in [2.24, 2.45) is 23.3 Å². The maximum atomic E-state index is 16.1. The largest absolute Gasteiger partial charge is 0.491 e. The van der Waals surface area contributed by atoms with E-state index in [0.717, 1.165) is 4.90 Å². The van der Waals surface area contributed by atoms with Crippen LogP contribution in [-0.4, -0.2) is 84.8 Å². The van der Waals surface area contributed by atoms with Crippen molar-refractivity contribution in [3.05, 3.63) is 131 Å². The first-order chi connectivity index (χ1) is 29.8. The Morgan fingerprint density at radius 3 is 2.19 bits per heavy atom. The maximum Gasteiger partial charge on any atom is 0.329 e. The summed E-state index contributed by atoms with van der Waals surface area (Å²) in [6, 6.07) is 23.0. The highest BCUT2D eigenvalue weighted by Gasteiger charge is 2.75. The van der Waals surface area contributed by atoms with Gasteiger partial charge in [-0.2, -0.15) is 0 Å². The first-order valence-electron chi connectivity index (χ1n) is 19.9. The summed E-state index contributed by atoms with van der Waals surface area (Å²) in [5.74, 6) is 0.376. The molecule has 0 saturated carbocycles. The molecule has 0 radical (unpaired) electrons. The summed E-state index contributed by atoms with van der Waals surface area (Å²) in [6.45, 7) is 2.90. The number of benzene rings is 4. The Bertz CT molecular complexity index is 2450. The summed E-state index contributed by atoms with van der Waals surface area (Å²) in [5.41, 5.74) is 11.7. The number of methoxy groups -OCH3 is 1. The Morgan fingerprint density at radius 1 is 0.887 bits per heavy atom. The number of nitrogens with zero attached hydrogens (tertiary/aromatic N) is 2. The van der Waals surface area contributed by atoms with Gasteiger partial charge in [-0.05, 0) is 58.5 Å². The number of esters is 2. The monoisotopic (exact) mass is 842 g/mol. The number of rotatable bonds is 11. The number of hydrogen-bond acceptors (Lipinski definition) is 11. The molecule has 3 aliphatic heterocycles. The molecule has 0 bridgehead atoms. The average Bonchev–Trinajstić information content (AvgIpc) is 3.73. The number of anilines is 1. The molecule has 7 rings (SSSR count). The van der Waals surface area contributed by atoms with Crippen LogP contribution < -0.4 is 31.7 Å². The minimum absolute atomic E-state index is 0.0358. The third-order valence-electron chi connectivity index (χ3n) is 11.5. The van der Waals surface area contributed by atoms with E-state index in [2.05, 4.69) is 22.5 Å². The maximum absolute atomic E-state index is 16.1. The molecule has 320 valence electrons. The van der Waals surface area contributed by atoms with Crippen molar-refractivity contribution in [2.75, 3.05) is 31.8 Å². The van der Waals surface area contributed by atoms with Crippen LogP contribution in [0.25, 0.3) is 0 Å². The van der Waals surface area contributed by atoms with Crippen LogP contribution in [0.1, 0.15) is 59.9 Å². The first kappa shape index (κ1) is 42.9. The molecule has 2 fully saturated rings. The molecular formula is C46H46N6O10. The second-order valence-corrected chi connectivity index (χ2v) is 15.4. The molecule has 16 nitrogen and oxygen atoms in total. The molecule has 2 saturated heterocycles. The number of nitrogens with two attached hydrogens (primary N) is 2. The number of carbonyl (C=O) groups excluding carboxylic acids is 6. The van der Waals surface area contributed by atoms with Gasteiger partial charge in [0.25, 0.3) is 0 Å². The molecule has 4 aromatic carbocycles. The van der Waals surface area contributed by atoms with Gasteiger partial charge in [0.05, 0.1) is 44.0 Å². The molecule has 0 aromatic heterocycles. The van der Waals surface area contributed by atoms with Crippen molar-refractivity contribution in [3.8, 4) is 17.6 Å². The lowest BCUT2D eigenvalue weighted by Gasteiger charge is -2.46. The lowest BCUT2D eigenvalue weighted by molar-refractivity contribution is -0.178. The van der Waals surface area contributed by atoms with Crippen LogP contribution in [0.5, 0.6) is 5.75 Å². The van der Waals surface area contributed by atoms with E-state index in [1.54, 1.807) is 55.1 Å². The number of ether oxygens (including phenoxy) is 3. The van der Waals surface area contributed by atoms with Crippen LogP contribution in [0, 0.1) is 23.7 Å². The van der Waals surface area contributed by atoms with Crippen molar-refractivity contribution in [3.63, 3.8) is 0 Å². The van der Waals surface area contributed by atoms with Gasteiger partial charge in [-0.1, -0.05) is 98.5 Å². The SMILES string of the molecule is COC(=O)[C@@H](NC(=O)N1C(=O)[C@@]2(c3cc(C#CCNC(N)=O)ccc31)[C@H](c1cccc(OCCO)c1)N1[C@H](c3ccccc3)[C@H](c3ccccc3)OC(=O)[C@H]1[C@@H]2C(N)=O)C(C)C. The van der Waals surface area contributed by atoms with Gasteiger partial charge in [0.1, 0.15) is 36.0 Å². The fourth-order valence-corrected chi connectivity index (χ4v) is 9.05. The quantitative estimate of drug-likeness (QED) is 0.109. The highest BCUT2D eigenvalue weighted by Crippen LogP contribution is 2.65. The molecular weight excluding hydrogens is 797 g/mol. The number of cyclic esters (lactones) is 1. The second kappa shape index (κ2) is 17.8. The normalized spacial score (nSPS) is 23.0. The third-order valence-corrected chi connectivity index (χ3v) is 11.5. The van der Waals surface area contributed by atoms with E-state index in [4.69, 9.17) is 25.7 Å². The first-order valence-corrected chi connectivity index (χ1v) is 19.9. The molecule has 62 heavy (non-hydrogen) atoms. The van der Waals surface area contributed by atoms with Crippen molar-refractivity contribution in [1.29, 1.82) is 0 Å². The predicted octanol–water partition coefficient (Wildman–Crippen LogP) is 3.14. The molecule has 0 aliphatic carbocycles. The summed E-state index contributed by atoms with van der Waals surface area (Å²) in [6.07, 6.45) is -0.973. The fraction of sp³-hybridized carbons (Fsp3) is 0.304. The van der Waals surface area contributed by atoms with Gasteiger partial charge >= 0.3 is 24.0 Å². The summed E-state index contributed by atoms with van der Waals surface area (Å²) in [5, 5.41) is 14.7. The van der Waals surface area contributed by atoms with E-state index in [1.807, 2.05) is 60.7 Å². The van der Waals surface area contributed by atoms with E-state index in [9.17, 15) is 29.1 Å². The van der Waals surface area contributed by atoms with Gasteiger partial charge in [-0.3, -0.25) is 19.3 Å². The van der Waals surface area contributed by atoms with E-state index in [1.165, 1.54) is 13.2 Å². The van der Waals surface area contributed by atoms with Crippen molar-refractivity contribution in [1.82, 2.24) is 15.5 Å². The molecule has 7 atom stereocenters. The number of fused-ring (bicyclic) bond motifs is 3. The smallest absolute Gasteiger partial charge is 0.329 e. The number of primary amides is 2. The Labute approximate surface area is 357 Å². The zero-order valence-corrected chi connectivity index (χ0v) is 34.1. The number of aliphatic hydroxyl groups is 1. The highest BCUT2D eigenvalue weighted by molar-refractivity contribution is 6.25. The topological polar surface area (TPSA) is 233 Å². The van der Waals surface area contributed by atoms with E-state index in [-0.39, 0.29) is 31.0 Å². The van der Waals surface area contributed by atoms with Crippen LogP contribution in [0.2, 0.25) is 0 Å². The van der Waals surface area contributed by atoms with Gasteiger partial charge in [-0.25, -0.2) is 19.3 Å². The molecule has 1 spiro atoms. The number of amides is 6. The van der Waals surface area contributed by atoms with Crippen LogP contribution in [0.3, 0.4) is 0 Å². The van der Waals surface area contributed by atoms with Crippen molar-refractivity contribution in [2.45, 2.75) is 49.5 Å². The van der Waals surface area contributed by atoms with Crippen LogP contribution in [0.15, 0.2) is 103 Å². The molecule has 3 heterocycles. The molecule has 7 N–H and O–H groups in total. The summed E-state index contributed by atoms with van der Waals surface area (Å²) >= 11 is 0. The minimum Gasteiger partial charge on any atom is -0.491 e. The van der Waals surface area contributed by atoms with Crippen molar-refractivity contribution < 1.29 is 48.1 Å². The van der Waals surface area contributed by atoms with Gasteiger partial charge in [0.2, 0.25) is 11.8 Å².